The summed E-state index contributed by atoms with van der Waals surface area (Å²) in [4.78, 5) is 7.97. The molecule has 0 aliphatic heterocycles. The van der Waals surface area contributed by atoms with Crippen LogP contribution in [0.25, 0.3) is 0 Å². The minimum absolute atomic E-state index is 0.195. The van der Waals surface area contributed by atoms with Crippen LogP contribution in [0.4, 0.5) is 17.6 Å². The number of hydrogen-bond acceptors (Lipinski definition) is 7. The zero-order chi connectivity index (χ0) is 11.5. The summed E-state index contributed by atoms with van der Waals surface area (Å²) >= 11 is 0. The number of rotatable bonds is 4. The molecule has 16 heavy (non-hydrogen) atoms. The number of hydrazine groups is 1. The third kappa shape index (κ3) is 2.31. The van der Waals surface area contributed by atoms with Gasteiger partial charge in [-0.3, -0.25) is 0 Å². The fourth-order valence-electron chi connectivity index (χ4n) is 1.70. The van der Waals surface area contributed by atoms with Crippen LogP contribution in [0.3, 0.4) is 0 Å². The van der Waals surface area contributed by atoms with E-state index < -0.39 is 0 Å². The van der Waals surface area contributed by atoms with Crippen LogP contribution in [0.5, 0.6) is 0 Å². The van der Waals surface area contributed by atoms with Crippen molar-refractivity contribution in [2.75, 3.05) is 23.6 Å². The van der Waals surface area contributed by atoms with Crippen LogP contribution in [0.1, 0.15) is 12.8 Å². The van der Waals surface area contributed by atoms with Gasteiger partial charge in [0.1, 0.15) is 11.6 Å². The number of nitrogens with two attached hydrogens (primary N) is 2. The minimum Gasteiger partial charge on any atom is -0.381 e. The number of aromatic nitrogens is 2. The Morgan fingerprint density at radius 1 is 1.38 bits per heavy atom. The number of hydrogen-bond donors (Lipinski definition) is 4. The molecule has 0 amide bonds. The summed E-state index contributed by atoms with van der Waals surface area (Å²) in [5, 5.41) is 3.25. The first-order chi connectivity index (χ1) is 7.71. The van der Waals surface area contributed by atoms with Gasteiger partial charge in [0.2, 0.25) is 5.95 Å². The van der Waals surface area contributed by atoms with E-state index in [1.807, 2.05) is 0 Å². The van der Waals surface area contributed by atoms with Crippen molar-refractivity contribution in [3.8, 4) is 0 Å². The normalized spacial score (nSPS) is 23.6. The van der Waals surface area contributed by atoms with E-state index in [0.29, 0.717) is 23.8 Å². The average Bonchev–Trinajstić information content (AvgIpc) is 2.22. The van der Waals surface area contributed by atoms with Gasteiger partial charge < -0.3 is 21.2 Å². The van der Waals surface area contributed by atoms with E-state index in [4.69, 9.17) is 16.3 Å². The Balaban J connectivity index is 1.97. The molecular formula is C9H16N6O. The summed E-state index contributed by atoms with van der Waals surface area (Å²) in [5.41, 5.74) is 7.98. The molecule has 2 rings (SSSR count). The lowest BCUT2D eigenvalue weighted by Gasteiger charge is -2.34. The molecule has 1 aromatic heterocycles. The molecule has 1 saturated carbocycles. The van der Waals surface area contributed by atoms with Crippen molar-refractivity contribution in [3.05, 3.63) is 6.07 Å². The lowest BCUT2D eigenvalue weighted by Crippen LogP contribution is -2.40. The largest absolute Gasteiger partial charge is 0.381 e. The Morgan fingerprint density at radius 3 is 2.69 bits per heavy atom. The highest BCUT2D eigenvalue weighted by Gasteiger charge is 2.29. The predicted molar refractivity (Wildman–Crippen MR) is 61.7 cm³/mol. The Labute approximate surface area is 93.6 Å². The van der Waals surface area contributed by atoms with Gasteiger partial charge in [-0.25, -0.2) is 5.84 Å². The zero-order valence-corrected chi connectivity index (χ0v) is 9.10. The standard InChI is InChI=1S/C9H16N6O/c1-16-6-2-5(3-6)12-7-4-8(15-11)14-9(10)13-7/h4-6H,2-3,11H2,1H3,(H4,10,12,13,14,15). The van der Waals surface area contributed by atoms with Gasteiger partial charge in [0.25, 0.3) is 0 Å². The molecule has 0 radical (unpaired) electrons. The van der Waals surface area contributed by atoms with Crippen LogP contribution in [0.2, 0.25) is 0 Å². The fraction of sp³-hybridized carbons (Fsp3) is 0.556. The predicted octanol–water partition coefficient (Wildman–Crippen LogP) is -0.0663. The smallest absolute Gasteiger partial charge is 0.223 e. The number of nitrogen functional groups attached to an aromatic ring is 2. The molecular weight excluding hydrogens is 208 g/mol. The fourth-order valence-corrected chi connectivity index (χ4v) is 1.70. The Kier molecular flexibility index (Phi) is 3.07. The molecule has 0 aromatic carbocycles. The summed E-state index contributed by atoms with van der Waals surface area (Å²) in [7, 11) is 1.72. The van der Waals surface area contributed by atoms with Gasteiger partial charge in [-0.05, 0) is 12.8 Å². The van der Waals surface area contributed by atoms with Gasteiger partial charge in [-0.15, -0.1) is 0 Å². The van der Waals surface area contributed by atoms with Gasteiger partial charge in [-0.2, -0.15) is 9.97 Å². The highest BCUT2D eigenvalue weighted by Crippen LogP contribution is 2.26. The molecule has 7 heteroatoms. The summed E-state index contributed by atoms with van der Waals surface area (Å²) in [5.74, 6) is 6.64. The van der Waals surface area contributed by atoms with Crippen molar-refractivity contribution in [1.29, 1.82) is 0 Å². The molecule has 1 aromatic rings. The highest BCUT2D eigenvalue weighted by molar-refractivity contribution is 5.51. The van der Waals surface area contributed by atoms with Gasteiger partial charge in [0, 0.05) is 19.2 Å². The second-order valence-electron chi connectivity index (χ2n) is 3.81. The number of ether oxygens (including phenoxy) is 1. The highest BCUT2D eigenvalue weighted by atomic mass is 16.5. The van der Waals surface area contributed by atoms with Crippen molar-refractivity contribution in [1.82, 2.24) is 9.97 Å². The molecule has 7 nitrogen and oxygen atoms in total. The number of anilines is 3. The number of nitrogens with one attached hydrogen (secondary N) is 2. The second-order valence-corrected chi connectivity index (χ2v) is 3.81. The van der Waals surface area contributed by atoms with Gasteiger partial charge in [-0.1, -0.05) is 0 Å². The van der Waals surface area contributed by atoms with Crippen LogP contribution in [-0.2, 0) is 4.74 Å². The monoisotopic (exact) mass is 224 g/mol. The Bertz CT molecular complexity index is 365. The minimum atomic E-state index is 0.195. The van der Waals surface area contributed by atoms with E-state index in [0.717, 1.165) is 12.8 Å². The molecule has 1 heterocycles. The molecule has 0 saturated heterocycles. The quantitative estimate of drug-likeness (QED) is 0.418. The first kappa shape index (κ1) is 10.9. The Morgan fingerprint density at radius 2 is 2.06 bits per heavy atom. The average molecular weight is 224 g/mol. The zero-order valence-electron chi connectivity index (χ0n) is 9.10. The third-order valence-electron chi connectivity index (χ3n) is 2.67. The van der Waals surface area contributed by atoms with Gasteiger partial charge in [0.05, 0.1) is 6.10 Å². The van der Waals surface area contributed by atoms with Crippen LogP contribution >= 0.6 is 0 Å². The molecule has 1 fully saturated rings. The summed E-state index contributed by atoms with van der Waals surface area (Å²) in [6.07, 6.45) is 2.31. The number of methoxy groups -OCH3 is 1. The van der Waals surface area contributed by atoms with E-state index in [-0.39, 0.29) is 5.95 Å². The molecule has 1 aliphatic rings. The molecule has 0 spiro atoms. The Hall–Kier alpha value is -1.60. The summed E-state index contributed by atoms with van der Waals surface area (Å²) in [6, 6.07) is 2.10. The SMILES string of the molecule is COC1CC(Nc2cc(NN)nc(N)n2)C1. The third-order valence-corrected chi connectivity index (χ3v) is 2.67. The lowest BCUT2D eigenvalue weighted by atomic mass is 9.89. The molecule has 0 atom stereocenters. The summed E-state index contributed by atoms with van der Waals surface area (Å²) < 4.78 is 5.19. The van der Waals surface area contributed by atoms with E-state index >= 15 is 0 Å². The van der Waals surface area contributed by atoms with Crippen LogP contribution in [-0.4, -0.2) is 29.2 Å². The maximum absolute atomic E-state index is 5.54. The maximum atomic E-state index is 5.54. The van der Waals surface area contributed by atoms with Crippen molar-refractivity contribution < 1.29 is 4.74 Å². The van der Waals surface area contributed by atoms with Crippen molar-refractivity contribution >= 4 is 17.6 Å². The van der Waals surface area contributed by atoms with E-state index in [9.17, 15) is 0 Å². The first-order valence-corrected chi connectivity index (χ1v) is 5.11. The molecule has 6 N–H and O–H groups in total. The molecule has 88 valence electrons. The molecule has 0 bridgehead atoms. The van der Waals surface area contributed by atoms with Crippen LogP contribution in [0.15, 0.2) is 6.07 Å². The van der Waals surface area contributed by atoms with Gasteiger partial charge >= 0.3 is 0 Å². The molecule has 0 unspecified atom stereocenters. The summed E-state index contributed by atoms with van der Waals surface area (Å²) in [6.45, 7) is 0. The van der Waals surface area contributed by atoms with Crippen molar-refractivity contribution in [2.45, 2.75) is 25.0 Å². The topological polar surface area (TPSA) is 111 Å². The van der Waals surface area contributed by atoms with Gasteiger partial charge in [0.15, 0.2) is 0 Å². The van der Waals surface area contributed by atoms with Crippen molar-refractivity contribution in [2.24, 2.45) is 5.84 Å². The first-order valence-electron chi connectivity index (χ1n) is 5.11. The van der Waals surface area contributed by atoms with Crippen molar-refractivity contribution in [3.63, 3.8) is 0 Å². The molecule has 1 aliphatic carbocycles. The number of nitrogens with zero attached hydrogens (tertiary/aromatic N) is 2. The second kappa shape index (κ2) is 4.50. The van der Waals surface area contributed by atoms with Crippen LogP contribution < -0.4 is 22.3 Å². The maximum Gasteiger partial charge on any atom is 0.223 e. The van der Waals surface area contributed by atoms with E-state index in [1.165, 1.54) is 0 Å². The van der Waals surface area contributed by atoms with E-state index in [1.54, 1.807) is 13.2 Å². The van der Waals surface area contributed by atoms with Crippen LogP contribution in [0, 0.1) is 0 Å². The lowest BCUT2D eigenvalue weighted by molar-refractivity contribution is 0.0328. The van der Waals surface area contributed by atoms with E-state index in [2.05, 4.69) is 20.7 Å².